The Bertz CT molecular complexity index is 775. The summed E-state index contributed by atoms with van der Waals surface area (Å²) in [5.74, 6) is -0.898. The first-order valence-electron chi connectivity index (χ1n) is 7.29. The summed E-state index contributed by atoms with van der Waals surface area (Å²) < 4.78 is 0. The van der Waals surface area contributed by atoms with Gasteiger partial charge in [-0.2, -0.15) is 0 Å². The summed E-state index contributed by atoms with van der Waals surface area (Å²) in [6.45, 7) is 3.17. The van der Waals surface area contributed by atoms with Crippen molar-refractivity contribution in [2.45, 2.75) is 32.3 Å². The number of aromatic hydroxyl groups is 2. The van der Waals surface area contributed by atoms with Crippen molar-refractivity contribution in [3.05, 3.63) is 41.5 Å². The van der Waals surface area contributed by atoms with Gasteiger partial charge in [0.1, 0.15) is 11.5 Å². The first kappa shape index (κ1) is 16.8. The van der Waals surface area contributed by atoms with E-state index in [4.69, 9.17) is 5.11 Å². The number of aliphatic hydroxyl groups is 1. The fourth-order valence-corrected chi connectivity index (χ4v) is 2.46. The number of carbonyl (C=O) groups is 1. The van der Waals surface area contributed by atoms with Crippen molar-refractivity contribution in [2.75, 3.05) is 0 Å². The molecule has 4 N–H and O–H groups in total. The van der Waals surface area contributed by atoms with Crippen LogP contribution in [0.2, 0.25) is 0 Å². The number of aliphatic carboxylic acids is 1. The molecular formula is C18H20O5. The zero-order valence-electron chi connectivity index (χ0n) is 13.1. The largest absolute Gasteiger partial charge is 0.507 e. The third kappa shape index (κ3) is 3.63. The smallest absolute Gasteiger partial charge is 0.303 e. The highest BCUT2D eigenvalue weighted by molar-refractivity contribution is 5.97. The second kappa shape index (κ2) is 6.30. The molecule has 5 heteroatoms. The minimum atomic E-state index is -1.32. The lowest BCUT2D eigenvalue weighted by molar-refractivity contribution is -0.138. The zero-order valence-corrected chi connectivity index (χ0v) is 13.1. The Balaban J connectivity index is 2.44. The summed E-state index contributed by atoms with van der Waals surface area (Å²) in [4.78, 5) is 10.6. The van der Waals surface area contributed by atoms with Crippen molar-refractivity contribution in [1.82, 2.24) is 0 Å². The molecule has 0 fully saturated rings. The van der Waals surface area contributed by atoms with Gasteiger partial charge in [-0.15, -0.1) is 0 Å². The van der Waals surface area contributed by atoms with E-state index >= 15 is 0 Å². The van der Waals surface area contributed by atoms with Gasteiger partial charge in [-0.3, -0.25) is 4.79 Å². The van der Waals surface area contributed by atoms with E-state index in [1.165, 1.54) is 19.1 Å². The van der Waals surface area contributed by atoms with Crippen molar-refractivity contribution in [1.29, 1.82) is 0 Å². The molecule has 122 valence electrons. The number of hydrogen-bond acceptors (Lipinski definition) is 4. The SMILES string of the molecule is Cc1c(/C=C/C(C)(O)CCC(=O)O)c(O)c2ccccc2c1O. The van der Waals surface area contributed by atoms with E-state index in [2.05, 4.69) is 0 Å². The van der Waals surface area contributed by atoms with Crippen LogP contribution in [0.5, 0.6) is 11.5 Å². The van der Waals surface area contributed by atoms with Crippen LogP contribution in [0.25, 0.3) is 16.8 Å². The van der Waals surface area contributed by atoms with Gasteiger partial charge in [-0.05, 0) is 20.3 Å². The summed E-state index contributed by atoms with van der Waals surface area (Å²) in [5.41, 5.74) is -0.429. The summed E-state index contributed by atoms with van der Waals surface area (Å²) in [7, 11) is 0. The molecule has 0 saturated carbocycles. The average molecular weight is 316 g/mol. The Morgan fingerprint density at radius 3 is 2.30 bits per heavy atom. The van der Waals surface area contributed by atoms with E-state index in [1.54, 1.807) is 31.2 Å². The van der Waals surface area contributed by atoms with Gasteiger partial charge in [0.25, 0.3) is 0 Å². The molecule has 0 aliphatic rings. The minimum Gasteiger partial charge on any atom is -0.507 e. The molecule has 0 aromatic heterocycles. The summed E-state index contributed by atoms with van der Waals surface area (Å²) in [5, 5.41) is 40.7. The van der Waals surface area contributed by atoms with Crippen LogP contribution in [0.4, 0.5) is 0 Å². The van der Waals surface area contributed by atoms with Gasteiger partial charge in [-0.25, -0.2) is 0 Å². The van der Waals surface area contributed by atoms with Gasteiger partial charge in [0.2, 0.25) is 0 Å². The summed E-state index contributed by atoms with van der Waals surface area (Å²) in [6.07, 6.45) is 2.84. The highest BCUT2D eigenvalue weighted by Crippen LogP contribution is 2.39. The molecular weight excluding hydrogens is 296 g/mol. The average Bonchev–Trinajstić information content (AvgIpc) is 2.51. The molecule has 0 aliphatic carbocycles. The Morgan fingerprint density at radius 2 is 1.74 bits per heavy atom. The lowest BCUT2D eigenvalue weighted by atomic mass is 9.95. The highest BCUT2D eigenvalue weighted by atomic mass is 16.4. The summed E-state index contributed by atoms with van der Waals surface area (Å²) in [6, 6.07) is 6.94. The molecule has 1 atom stereocenters. The maximum absolute atomic E-state index is 10.6. The third-order valence-electron chi connectivity index (χ3n) is 3.91. The Morgan fingerprint density at radius 1 is 1.17 bits per heavy atom. The lowest BCUT2D eigenvalue weighted by Crippen LogP contribution is -2.21. The van der Waals surface area contributed by atoms with Crippen LogP contribution in [0.15, 0.2) is 30.3 Å². The molecule has 0 radical (unpaired) electrons. The number of fused-ring (bicyclic) bond motifs is 1. The van der Waals surface area contributed by atoms with Crippen molar-refractivity contribution >= 4 is 22.8 Å². The van der Waals surface area contributed by atoms with Crippen molar-refractivity contribution in [3.8, 4) is 11.5 Å². The summed E-state index contributed by atoms with van der Waals surface area (Å²) >= 11 is 0. The fourth-order valence-electron chi connectivity index (χ4n) is 2.46. The van der Waals surface area contributed by atoms with Gasteiger partial charge in [-0.1, -0.05) is 36.4 Å². The van der Waals surface area contributed by atoms with E-state index in [9.17, 15) is 20.1 Å². The quantitative estimate of drug-likeness (QED) is 0.635. The van der Waals surface area contributed by atoms with E-state index in [0.717, 1.165) is 0 Å². The van der Waals surface area contributed by atoms with Gasteiger partial charge >= 0.3 is 5.97 Å². The van der Waals surface area contributed by atoms with E-state index in [-0.39, 0.29) is 24.3 Å². The van der Waals surface area contributed by atoms with Gasteiger partial charge < -0.3 is 20.4 Å². The number of phenols is 2. The zero-order chi connectivity index (χ0) is 17.2. The van der Waals surface area contributed by atoms with Gasteiger partial charge in [0.05, 0.1) is 5.60 Å². The van der Waals surface area contributed by atoms with E-state index < -0.39 is 11.6 Å². The normalized spacial score (nSPS) is 14.2. The molecule has 0 bridgehead atoms. The molecule has 23 heavy (non-hydrogen) atoms. The van der Waals surface area contributed by atoms with E-state index in [1.807, 2.05) is 0 Å². The number of hydrogen-bond donors (Lipinski definition) is 4. The van der Waals surface area contributed by atoms with Crippen LogP contribution in [0.1, 0.15) is 30.9 Å². The Hall–Kier alpha value is -2.53. The first-order valence-corrected chi connectivity index (χ1v) is 7.29. The van der Waals surface area contributed by atoms with Crippen molar-refractivity contribution < 1.29 is 25.2 Å². The molecule has 2 rings (SSSR count). The standard InChI is InChI=1S/C18H20O5/c1-11-12(7-9-18(2,23)10-8-15(19)20)17(22)14-6-4-3-5-13(14)16(11)21/h3-7,9,21-23H,8,10H2,1-2H3,(H,19,20)/b9-7+. The van der Waals surface area contributed by atoms with Gasteiger partial charge in [0, 0.05) is 28.3 Å². The Kier molecular flexibility index (Phi) is 4.61. The first-order chi connectivity index (χ1) is 10.7. The molecule has 0 spiro atoms. The van der Waals surface area contributed by atoms with Crippen LogP contribution in [0.3, 0.4) is 0 Å². The molecule has 0 saturated heterocycles. The number of carboxylic acids is 1. The number of benzene rings is 2. The fraction of sp³-hybridized carbons (Fsp3) is 0.278. The molecule has 1 unspecified atom stereocenters. The molecule has 5 nitrogen and oxygen atoms in total. The van der Waals surface area contributed by atoms with Gasteiger partial charge in [0.15, 0.2) is 0 Å². The lowest BCUT2D eigenvalue weighted by Gasteiger charge is -2.18. The minimum absolute atomic E-state index is 0.0150. The second-order valence-corrected chi connectivity index (χ2v) is 5.87. The second-order valence-electron chi connectivity index (χ2n) is 5.87. The molecule has 0 amide bonds. The molecule has 2 aromatic rings. The predicted molar refractivity (Wildman–Crippen MR) is 88.5 cm³/mol. The van der Waals surface area contributed by atoms with E-state index in [0.29, 0.717) is 21.9 Å². The number of carboxylic acid groups (broad SMARTS) is 1. The van der Waals surface area contributed by atoms with Crippen LogP contribution in [0, 0.1) is 6.92 Å². The third-order valence-corrected chi connectivity index (χ3v) is 3.91. The van der Waals surface area contributed by atoms with Crippen molar-refractivity contribution in [3.63, 3.8) is 0 Å². The topological polar surface area (TPSA) is 98.0 Å². The Labute approximate surface area is 134 Å². The number of rotatable bonds is 5. The van der Waals surface area contributed by atoms with Crippen LogP contribution < -0.4 is 0 Å². The molecule has 2 aromatic carbocycles. The molecule has 0 heterocycles. The maximum Gasteiger partial charge on any atom is 0.303 e. The highest BCUT2D eigenvalue weighted by Gasteiger charge is 2.19. The van der Waals surface area contributed by atoms with Crippen LogP contribution >= 0.6 is 0 Å². The van der Waals surface area contributed by atoms with Crippen LogP contribution in [-0.2, 0) is 4.79 Å². The number of phenolic OH excluding ortho intramolecular Hbond substituents is 2. The maximum atomic E-state index is 10.6. The molecule has 0 aliphatic heterocycles. The monoisotopic (exact) mass is 316 g/mol. The van der Waals surface area contributed by atoms with Crippen LogP contribution in [-0.4, -0.2) is 32.0 Å². The predicted octanol–water partition coefficient (Wildman–Crippen LogP) is 3.19. The van der Waals surface area contributed by atoms with Crippen molar-refractivity contribution in [2.24, 2.45) is 0 Å².